The van der Waals surface area contributed by atoms with E-state index in [1.807, 2.05) is 32.0 Å². The molecule has 1 heterocycles. The van der Waals surface area contributed by atoms with Crippen LogP contribution in [-0.2, 0) is 9.59 Å². The number of hydrogen-bond acceptors (Lipinski definition) is 5. The molecule has 27 heavy (non-hydrogen) atoms. The predicted molar refractivity (Wildman–Crippen MR) is 109 cm³/mol. The SMILES string of the molecule is COc1ccc(NC(=O)[C@H]2CC(=O)NC(=Nc3ccc(C)c(C)c3)S2)cc1. The van der Waals surface area contributed by atoms with Crippen LogP contribution in [0.25, 0.3) is 0 Å². The third kappa shape index (κ3) is 4.89. The molecule has 7 heteroatoms. The zero-order valence-electron chi connectivity index (χ0n) is 15.4. The van der Waals surface area contributed by atoms with Crippen LogP contribution in [0, 0.1) is 13.8 Å². The van der Waals surface area contributed by atoms with Gasteiger partial charge in [-0.15, -0.1) is 0 Å². The van der Waals surface area contributed by atoms with Gasteiger partial charge in [0.1, 0.15) is 11.0 Å². The highest BCUT2D eigenvalue weighted by molar-refractivity contribution is 8.15. The summed E-state index contributed by atoms with van der Waals surface area (Å²) in [5.41, 5.74) is 3.70. The van der Waals surface area contributed by atoms with Crippen LogP contribution in [0.15, 0.2) is 47.5 Å². The molecule has 1 atom stereocenters. The fourth-order valence-electron chi connectivity index (χ4n) is 2.55. The van der Waals surface area contributed by atoms with Gasteiger partial charge in [-0.3, -0.25) is 9.59 Å². The summed E-state index contributed by atoms with van der Waals surface area (Å²) in [5.74, 6) is 0.265. The molecule has 0 spiro atoms. The van der Waals surface area contributed by atoms with Crippen LogP contribution in [0.2, 0.25) is 0 Å². The van der Waals surface area contributed by atoms with Gasteiger partial charge in [0.25, 0.3) is 0 Å². The first-order chi connectivity index (χ1) is 12.9. The van der Waals surface area contributed by atoms with Gasteiger partial charge in [-0.2, -0.15) is 0 Å². The zero-order chi connectivity index (χ0) is 19.4. The number of amides is 2. The van der Waals surface area contributed by atoms with Crippen molar-refractivity contribution < 1.29 is 14.3 Å². The highest BCUT2D eigenvalue weighted by Gasteiger charge is 2.30. The average molecular weight is 383 g/mol. The second-order valence-corrected chi connectivity index (χ2v) is 7.45. The van der Waals surface area contributed by atoms with E-state index in [1.54, 1.807) is 31.4 Å². The molecule has 1 aliphatic heterocycles. The fourth-order valence-corrected chi connectivity index (χ4v) is 3.56. The molecule has 0 unspecified atom stereocenters. The van der Waals surface area contributed by atoms with Gasteiger partial charge in [0.05, 0.1) is 12.8 Å². The van der Waals surface area contributed by atoms with Crippen LogP contribution in [0.1, 0.15) is 17.5 Å². The van der Waals surface area contributed by atoms with Crippen LogP contribution in [0.5, 0.6) is 5.75 Å². The Morgan fingerprint density at radius 2 is 1.93 bits per heavy atom. The van der Waals surface area contributed by atoms with E-state index >= 15 is 0 Å². The number of amidine groups is 1. The molecule has 6 nitrogen and oxygen atoms in total. The first-order valence-corrected chi connectivity index (χ1v) is 9.40. The van der Waals surface area contributed by atoms with Crippen molar-refractivity contribution in [2.75, 3.05) is 12.4 Å². The van der Waals surface area contributed by atoms with E-state index in [9.17, 15) is 9.59 Å². The van der Waals surface area contributed by atoms with Crippen molar-refractivity contribution >= 4 is 40.1 Å². The van der Waals surface area contributed by atoms with Crippen molar-refractivity contribution in [3.63, 3.8) is 0 Å². The fraction of sp³-hybridized carbons (Fsp3) is 0.250. The van der Waals surface area contributed by atoms with Crippen LogP contribution in [0.4, 0.5) is 11.4 Å². The summed E-state index contributed by atoms with van der Waals surface area (Å²) in [6, 6.07) is 12.9. The van der Waals surface area contributed by atoms with Crippen molar-refractivity contribution in [3.05, 3.63) is 53.6 Å². The Balaban J connectivity index is 1.71. The summed E-state index contributed by atoms with van der Waals surface area (Å²) in [4.78, 5) is 29.1. The highest BCUT2D eigenvalue weighted by atomic mass is 32.2. The minimum atomic E-state index is -0.536. The number of hydrogen-bond donors (Lipinski definition) is 2. The van der Waals surface area contributed by atoms with Crippen molar-refractivity contribution in [2.24, 2.45) is 4.99 Å². The molecule has 1 fully saturated rings. The van der Waals surface area contributed by atoms with Gasteiger partial charge in [0, 0.05) is 12.1 Å². The maximum absolute atomic E-state index is 12.6. The van der Waals surface area contributed by atoms with Crippen molar-refractivity contribution in [1.29, 1.82) is 0 Å². The van der Waals surface area contributed by atoms with Crippen LogP contribution in [0.3, 0.4) is 0 Å². The van der Waals surface area contributed by atoms with Crippen LogP contribution < -0.4 is 15.4 Å². The molecular weight excluding hydrogens is 362 g/mol. The van der Waals surface area contributed by atoms with Gasteiger partial charge in [0.15, 0.2) is 5.17 Å². The topological polar surface area (TPSA) is 79.8 Å². The lowest BCUT2D eigenvalue weighted by Gasteiger charge is -2.22. The quantitative estimate of drug-likeness (QED) is 0.846. The third-order valence-corrected chi connectivity index (χ3v) is 5.32. The number of anilines is 1. The number of aryl methyl sites for hydroxylation is 2. The van der Waals surface area contributed by atoms with E-state index < -0.39 is 5.25 Å². The predicted octanol–water partition coefficient (Wildman–Crippen LogP) is 3.56. The molecule has 2 aromatic carbocycles. The number of carbonyl (C=O) groups excluding carboxylic acids is 2. The summed E-state index contributed by atoms with van der Waals surface area (Å²) >= 11 is 1.26. The first kappa shape index (κ1) is 19.0. The summed E-state index contributed by atoms with van der Waals surface area (Å²) < 4.78 is 5.11. The Morgan fingerprint density at radius 3 is 2.59 bits per heavy atom. The smallest absolute Gasteiger partial charge is 0.238 e. The number of benzene rings is 2. The Morgan fingerprint density at radius 1 is 1.19 bits per heavy atom. The van der Waals surface area contributed by atoms with Gasteiger partial charge >= 0.3 is 0 Å². The summed E-state index contributed by atoms with van der Waals surface area (Å²) in [6.07, 6.45) is 0.110. The van der Waals surface area contributed by atoms with Gasteiger partial charge in [0.2, 0.25) is 11.8 Å². The maximum atomic E-state index is 12.6. The highest BCUT2D eigenvalue weighted by Crippen LogP contribution is 2.26. The number of carbonyl (C=O) groups is 2. The molecule has 3 rings (SSSR count). The molecule has 0 aromatic heterocycles. The number of aliphatic imine (C=N–C) groups is 1. The number of nitrogens with one attached hydrogen (secondary N) is 2. The second-order valence-electron chi connectivity index (χ2n) is 6.26. The van der Waals surface area contributed by atoms with Gasteiger partial charge in [-0.05, 0) is 61.4 Å². The largest absolute Gasteiger partial charge is 0.497 e. The van der Waals surface area contributed by atoms with Gasteiger partial charge in [-0.1, -0.05) is 17.8 Å². The Bertz CT molecular complexity index is 894. The standard InChI is InChI=1S/C20H21N3O3S/c1-12-4-5-15(10-13(12)2)22-20-23-18(24)11-17(27-20)19(25)21-14-6-8-16(26-3)9-7-14/h4-10,17H,11H2,1-3H3,(H,21,25)(H,22,23,24)/t17-/m1/s1. The molecule has 2 aromatic rings. The summed E-state index contributed by atoms with van der Waals surface area (Å²) in [7, 11) is 1.58. The second kappa shape index (κ2) is 8.26. The molecular formula is C20H21N3O3S. The summed E-state index contributed by atoms with van der Waals surface area (Å²) in [5, 5.41) is 5.47. The molecule has 0 aliphatic carbocycles. The lowest BCUT2D eigenvalue weighted by Crippen LogP contribution is -2.41. The molecule has 0 radical (unpaired) electrons. The monoisotopic (exact) mass is 383 g/mol. The van der Waals surface area contributed by atoms with Gasteiger partial charge < -0.3 is 15.4 Å². The minimum absolute atomic E-state index is 0.110. The molecule has 2 amide bonds. The number of methoxy groups -OCH3 is 1. The van der Waals surface area contributed by atoms with E-state index in [0.29, 0.717) is 16.6 Å². The number of ether oxygens (including phenoxy) is 1. The maximum Gasteiger partial charge on any atom is 0.238 e. The zero-order valence-corrected chi connectivity index (χ0v) is 16.2. The molecule has 0 bridgehead atoms. The van der Waals surface area contributed by atoms with Crippen LogP contribution >= 0.6 is 11.8 Å². The third-order valence-electron chi connectivity index (χ3n) is 4.24. The van der Waals surface area contributed by atoms with E-state index in [-0.39, 0.29) is 18.2 Å². The number of thioether (sulfide) groups is 1. The molecule has 2 N–H and O–H groups in total. The molecule has 1 aliphatic rings. The number of nitrogens with zero attached hydrogens (tertiary/aromatic N) is 1. The number of rotatable bonds is 4. The molecule has 0 saturated carbocycles. The Hall–Kier alpha value is -2.80. The van der Waals surface area contributed by atoms with Crippen molar-refractivity contribution in [1.82, 2.24) is 5.32 Å². The van der Waals surface area contributed by atoms with E-state index in [1.165, 1.54) is 17.3 Å². The Kier molecular flexibility index (Phi) is 5.81. The molecule has 140 valence electrons. The normalized spacial score (nSPS) is 18.1. The van der Waals surface area contributed by atoms with E-state index in [0.717, 1.165) is 11.3 Å². The lowest BCUT2D eigenvalue weighted by molar-refractivity contribution is -0.123. The van der Waals surface area contributed by atoms with Crippen molar-refractivity contribution in [3.8, 4) is 5.75 Å². The molecule has 1 saturated heterocycles. The average Bonchev–Trinajstić information content (AvgIpc) is 2.65. The van der Waals surface area contributed by atoms with Gasteiger partial charge in [-0.25, -0.2) is 4.99 Å². The lowest BCUT2D eigenvalue weighted by atomic mass is 10.1. The summed E-state index contributed by atoms with van der Waals surface area (Å²) in [6.45, 7) is 4.04. The first-order valence-electron chi connectivity index (χ1n) is 8.52. The van der Waals surface area contributed by atoms with E-state index in [2.05, 4.69) is 15.6 Å². The van der Waals surface area contributed by atoms with Crippen molar-refractivity contribution in [2.45, 2.75) is 25.5 Å². The minimum Gasteiger partial charge on any atom is -0.497 e. The van der Waals surface area contributed by atoms with Crippen LogP contribution in [-0.4, -0.2) is 29.3 Å². The Labute approximate surface area is 162 Å². The van der Waals surface area contributed by atoms with E-state index in [4.69, 9.17) is 4.74 Å².